The summed E-state index contributed by atoms with van der Waals surface area (Å²) >= 11 is 0. The molecular weight excluding hydrogens is 447 g/mol. The van der Waals surface area contributed by atoms with E-state index in [9.17, 15) is 14.2 Å². The van der Waals surface area contributed by atoms with E-state index in [0.717, 1.165) is 25.7 Å². The monoisotopic (exact) mass is 494 g/mol. The summed E-state index contributed by atoms with van der Waals surface area (Å²) < 4.78 is 25.6. The Labute approximate surface area is 200 Å². The van der Waals surface area contributed by atoms with Crippen LogP contribution in [-0.4, -0.2) is 41.0 Å². The van der Waals surface area contributed by atoms with Crippen molar-refractivity contribution in [3.63, 3.8) is 0 Å². The summed E-state index contributed by atoms with van der Waals surface area (Å²) in [6.07, 6.45) is 16.6. The summed E-state index contributed by atoms with van der Waals surface area (Å²) in [7, 11) is -4.71. The highest BCUT2D eigenvalue weighted by Crippen LogP contribution is 2.35. The van der Waals surface area contributed by atoms with Gasteiger partial charge in [-0.3, -0.25) is 14.1 Å². The Hall–Kier alpha value is -0.950. The van der Waals surface area contributed by atoms with E-state index in [2.05, 4.69) is 11.4 Å². The normalized spacial score (nSPS) is 12.5. The van der Waals surface area contributed by atoms with Crippen LogP contribution in [0.5, 0.6) is 0 Å². The molecule has 196 valence electrons. The molecule has 1 atom stereocenters. The molecule has 0 rings (SSSR count). The van der Waals surface area contributed by atoms with Gasteiger partial charge in [-0.1, -0.05) is 97.3 Å². The van der Waals surface area contributed by atoms with Crippen LogP contribution in [0.4, 0.5) is 0 Å². The molecule has 0 spiro atoms. The molecule has 33 heavy (non-hydrogen) atoms. The van der Waals surface area contributed by atoms with Gasteiger partial charge in [0.2, 0.25) is 0 Å². The van der Waals surface area contributed by atoms with E-state index in [1.807, 2.05) is 6.92 Å². The number of unbranched alkanes of at least 4 members (excludes halogenated alkanes) is 13. The summed E-state index contributed by atoms with van der Waals surface area (Å²) in [6, 6.07) is 0. The first-order chi connectivity index (χ1) is 15.8. The second-order valence-corrected chi connectivity index (χ2v) is 9.92. The van der Waals surface area contributed by atoms with E-state index < -0.39 is 32.5 Å². The number of carbonyl (C=O) groups is 2. The predicted octanol–water partition coefficient (Wildman–Crippen LogP) is 6.22. The van der Waals surface area contributed by atoms with Crippen LogP contribution >= 0.6 is 7.82 Å². The number of hydrogen-bond acceptors (Lipinski definition) is 6. The molecule has 0 aromatic rings. The molecule has 0 aliphatic carbocycles. The van der Waals surface area contributed by atoms with Gasteiger partial charge in [-0.2, -0.15) is 0 Å². The quantitative estimate of drug-likeness (QED) is 0.0975. The summed E-state index contributed by atoms with van der Waals surface area (Å²) in [4.78, 5) is 41.5. The minimum atomic E-state index is -4.71. The Morgan fingerprint density at radius 3 is 1.61 bits per heavy atom. The van der Waals surface area contributed by atoms with Crippen molar-refractivity contribution in [2.45, 2.75) is 129 Å². The number of phosphoric ester groups is 1. The number of hydrogen-bond donors (Lipinski definition) is 2. The Morgan fingerprint density at radius 1 is 0.667 bits per heavy atom. The van der Waals surface area contributed by atoms with Crippen LogP contribution in [0.2, 0.25) is 0 Å². The van der Waals surface area contributed by atoms with Crippen LogP contribution in [0, 0.1) is 0 Å². The molecule has 0 saturated carbocycles. The van der Waals surface area contributed by atoms with E-state index in [1.54, 1.807) is 0 Å². The highest BCUT2D eigenvalue weighted by atomic mass is 31.2. The van der Waals surface area contributed by atoms with Crippen molar-refractivity contribution in [2.24, 2.45) is 0 Å². The van der Waals surface area contributed by atoms with Crippen molar-refractivity contribution in [3.05, 3.63) is 0 Å². The second kappa shape index (κ2) is 21.6. The van der Waals surface area contributed by atoms with Crippen molar-refractivity contribution in [1.29, 1.82) is 0 Å². The minimum Gasteiger partial charge on any atom is -0.462 e. The van der Waals surface area contributed by atoms with Crippen molar-refractivity contribution in [3.8, 4) is 0 Å². The van der Waals surface area contributed by atoms with E-state index in [4.69, 9.17) is 19.3 Å². The first-order valence-corrected chi connectivity index (χ1v) is 14.4. The molecule has 9 heteroatoms. The van der Waals surface area contributed by atoms with Crippen LogP contribution in [0.3, 0.4) is 0 Å². The first kappa shape index (κ1) is 32.0. The molecule has 0 fully saturated rings. The van der Waals surface area contributed by atoms with Crippen LogP contribution in [0.1, 0.15) is 123 Å². The molecule has 0 aromatic carbocycles. The van der Waals surface area contributed by atoms with Crippen LogP contribution < -0.4 is 0 Å². The molecular formula is C24H47O8P. The smallest absolute Gasteiger partial charge is 0.462 e. The maximum Gasteiger partial charge on any atom is 0.469 e. The zero-order valence-electron chi connectivity index (χ0n) is 20.8. The summed E-state index contributed by atoms with van der Waals surface area (Å²) in [5.41, 5.74) is 0. The van der Waals surface area contributed by atoms with Crippen LogP contribution in [0.25, 0.3) is 0 Å². The van der Waals surface area contributed by atoms with E-state index in [1.165, 1.54) is 57.8 Å². The lowest BCUT2D eigenvalue weighted by Crippen LogP contribution is -2.29. The maximum atomic E-state index is 12.1. The lowest BCUT2D eigenvalue weighted by Gasteiger charge is -2.18. The average Bonchev–Trinajstić information content (AvgIpc) is 2.76. The predicted molar refractivity (Wildman–Crippen MR) is 129 cm³/mol. The Bertz CT molecular complexity index is 535. The van der Waals surface area contributed by atoms with Gasteiger partial charge in [-0.05, 0) is 12.8 Å². The fourth-order valence-corrected chi connectivity index (χ4v) is 3.77. The SMILES string of the molecule is CCCCCCCCCCCCCCCC(=O)O[C@H](COC(=O)CCCC)COP(=O)(O)O. The molecule has 0 bridgehead atoms. The topological polar surface area (TPSA) is 119 Å². The molecule has 8 nitrogen and oxygen atoms in total. The molecule has 0 saturated heterocycles. The summed E-state index contributed by atoms with van der Waals surface area (Å²) in [6.45, 7) is 3.37. The van der Waals surface area contributed by atoms with Crippen molar-refractivity contribution < 1.29 is 37.9 Å². The third kappa shape index (κ3) is 24.0. The molecule has 2 N–H and O–H groups in total. The van der Waals surface area contributed by atoms with Gasteiger partial charge in [0.15, 0.2) is 6.10 Å². The lowest BCUT2D eigenvalue weighted by atomic mass is 10.0. The summed E-state index contributed by atoms with van der Waals surface area (Å²) in [5.74, 6) is -0.924. The fraction of sp³-hybridized carbons (Fsp3) is 0.917. The maximum absolute atomic E-state index is 12.1. The molecule has 0 radical (unpaired) electrons. The van der Waals surface area contributed by atoms with Crippen molar-refractivity contribution in [2.75, 3.05) is 13.2 Å². The molecule has 0 aliphatic rings. The van der Waals surface area contributed by atoms with Gasteiger partial charge >= 0.3 is 19.8 Å². The van der Waals surface area contributed by atoms with Gasteiger partial charge in [-0.25, -0.2) is 4.57 Å². The number of ether oxygens (including phenoxy) is 2. The Morgan fingerprint density at radius 2 is 1.12 bits per heavy atom. The van der Waals surface area contributed by atoms with Crippen LogP contribution in [0.15, 0.2) is 0 Å². The minimum absolute atomic E-state index is 0.216. The molecule has 0 unspecified atom stereocenters. The molecule has 0 amide bonds. The second-order valence-electron chi connectivity index (χ2n) is 8.68. The zero-order valence-corrected chi connectivity index (χ0v) is 21.7. The van der Waals surface area contributed by atoms with Crippen LogP contribution in [-0.2, 0) is 28.2 Å². The third-order valence-electron chi connectivity index (χ3n) is 5.38. The molecule has 0 heterocycles. The van der Waals surface area contributed by atoms with Crippen molar-refractivity contribution in [1.82, 2.24) is 0 Å². The molecule has 0 aromatic heterocycles. The number of esters is 2. The summed E-state index contributed by atoms with van der Waals surface area (Å²) in [5, 5.41) is 0. The fourth-order valence-electron chi connectivity index (χ4n) is 3.41. The van der Waals surface area contributed by atoms with Gasteiger partial charge in [0, 0.05) is 12.8 Å². The highest BCUT2D eigenvalue weighted by Gasteiger charge is 2.22. The van der Waals surface area contributed by atoms with E-state index in [0.29, 0.717) is 12.8 Å². The largest absolute Gasteiger partial charge is 0.469 e. The molecule has 0 aliphatic heterocycles. The van der Waals surface area contributed by atoms with Gasteiger partial charge in [-0.15, -0.1) is 0 Å². The van der Waals surface area contributed by atoms with E-state index >= 15 is 0 Å². The zero-order chi connectivity index (χ0) is 24.8. The van der Waals surface area contributed by atoms with Gasteiger partial charge in [0.25, 0.3) is 0 Å². The first-order valence-electron chi connectivity index (χ1n) is 12.8. The Balaban J connectivity index is 3.92. The lowest BCUT2D eigenvalue weighted by molar-refractivity contribution is -0.161. The Kier molecular flexibility index (Phi) is 21.0. The standard InChI is InChI=1S/C24H47O8P/c1-3-5-7-8-9-10-11-12-13-14-15-16-17-19-24(26)32-22(21-31-33(27,28)29)20-30-23(25)18-6-4-2/h22H,3-21H2,1-2H3,(H2,27,28,29)/t22-/m1/s1. The van der Waals surface area contributed by atoms with E-state index in [-0.39, 0.29) is 19.4 Å². The van der Waals surface area contributed by atoms with Crippen molar-refractivity contribution >= 4 is 19.8 Å². The van der Waals surface area contributed by atoms with Gasteiger partial charge < -0.3 is 19.3 Å². The third-order valence-corrected chi connectivity index (χ3v) is 5.86. The van der Waals surface area contributed by atoms with Gasteiger partial charge in [0.05, 0.1) is 6.61 Å². The number of phosphoric acid groups is 1. The highest BCUT2D eigenvalue weighted by molar-refractivity contribution is 7.46. The average molecular weight is 495 g/mol. The number of carbonyl (C=O) groups excluding carboxylic acids is 2. The number of rotatable bonds is 23. The van der Waals surface area contributed by atoms with Gasteiger partial charge in [0.1, 0.15) is 6.61 Å².